The Hall–Kier alpha value is -1.95. The van der Waals surface area contributed by atoms with Crippen molar-refractivity contribution in [3.8, 4) is 11.5 Å². The van der Waals surface area contributed by atoms with E-state index in [0.717, 1.165) is 22.6 Å². The summed E-state index contributed by atoms with van der Waals surface area (Å²) in [5.74, 6) is 1.54. The molecule has 1 aromatic heterocycles. The van der Waals surface area contributed by atoms with Gasteiger partial charge in [-0.25, -0.2) is 0 Å². The molecule has 1 heterocycles. The van der Waals surface area contributed by atoms with Gasteiger partial charge in [0.15, 0.2) is 0 Å². The number of nitrogens with zero attached hydrogens (tertiary/aromatic N) is 1. The Morgan fingerprint density at radius 1 is 1.32 bits per heavy atom. The lowest BCUT2D eigenvalue weighted by atomic mass is 10.1. The van der Waals surface area contributed by atoms with E-state index in [-0.39, 0.29) is 0 Å². The van der Waals surface area contributed by atoms with Gasteiger partial charge in [0.1, 0.15) is 11.5 Å². The van der Waals surface area contributed by atoms with Crippen LogP contribution in [0.25, 0.3) is 0 Å². The second-order valence-electron chi connectivity index (χ2n) is 5.13. The van der Waals surface area contributed by atoms with Crippen molar-refractivity contribution in [1.82, 2.24) is 10.3 Å². The van der Waals surface area contributed by atoms with E-state index in [1.54, 1.807) is 19.5 Å². The first-order valence-corrected chi connectivity index (χ1v) is 7.24. The first-order valence-electron chi connectivity index (χ1n) is 7.24. The zero-order valence-electron chi connectivity index (χ0n) is 13.0. The Balaban J connectivity index is 1.89. The van der Waals surface area contributed by atoms with Crippen LogP contribution in [0.4, 0.5) is 0 Å². The molecule has 0 aliphatic rings. The highest BCUT2D eigenvalue weighted by molar-refractivity contribution is 5.39. The molecule has 1 aromatic carbocycles. The lowest BCUT2D eigenvalue weighted by Gasteiger charge is -2.12. The van der Waals surface area contributed by atoms with Gasteiger partial charge in [0.25, 0.3) is 0 Å². The second-order valence-corrected chi connectivity index (χ2v) is 5.13. The molecule has 5 heteroatoms. The van der Waals surface area contributed by atoms with Crippen LogP contribution in [0.3, 0.4) is 0 Å². The number of aromatic nitrogens is 1. The first-order chi connectivity index (χ1) is 10.7. The summed E-state index contributed by atoms with van der Waals surface area (Å²) in [5.41, 5.74) is 2.20. The molecule has 0 aliphatic carbocycles. The molecule has 1 atom stereocenters. The predicted octanol–water partition coefficient (Wildman–Crippen LogP) is 2.28. The largest absolute Gasteiger partial charge is 0.455 e. The molecule has 2 rings (SSSR count). The molecule has 2 aromatic rings. The molecule has 5 nitrogen and oxygen atoms in total. The van der Waals surface area contributed by atoms with Crippen molar-refractivity contribution < 1.29 is 14.6 Å². The average Bonchev–Trinajstić information content (AvgIpc) is 2.51. The maximum absolute atomic E-state index is 9.58. The molecule has 0 saturated heterocycles. The molecule has 0 aliphatic heterocycles. The Kier molecular flexibility index (Phi) is 6.33. The summed E-state index contributed by atoms with van der Waals surface area (Å²) in [7, 11) is 1.58. The molecular formula is C17H22N2O3. The number of aliphatic hydroxyl groups is 1. The van der Waals surface area contributed by atoms with Crippen molar-refractivity contribution in [2.75, 3.05) is 20.3 Å². The molecule has 0 radical (unpaired) electrons. The molecule has 0 bridgehead atoms. The number of methoxy groups -OCH3 is 1. The van der Waals surface area contributed by atoms with Crippen LogP contribution in [0.15, 0.2) is 42.7 Å². The van der Waals surface area contributed by atoms with Crippen LogP contribution < -0.4 is 10.1 Å². The summed E-state index contributed by atoms with van der Waals surface area (Å²) in [6, 6.07) is 9.74. The molecule has 22 heavy (non-hydrogen) atoms. The van der Waals surface area contributed by atoms with E-state index < -0.39 is 6.10 Å². The van der Waals surface area contributed by atoms with Crippen LogP contribution in [-0.4, -0.2) is 36.5 Å². The minimum Gasteiger partial charge on any atom is -0.455 e. The van der Waals surface area contributed by atoms with E-state index in [9.17, 15) is 5.11 Å². The van der Waals surface area contributed by atoms with Crippen LogP contribution in [0.1, 0.15) is 11.1 Å². The average molecular weight is 302 g/mol. The van der Waals surface area contributed by atoms with Gasteiger partial charge >= 0.3 is 0 Å². The summed E-state index contributed by atoms with van der Waals surface area (Å²) < 4.78 is 10.7. The number of pyridine rings is 1. The normalized spacial score (nSPS) is 12.1. The third-order valence-corrected chi connectivity index (χ3v) is 3.17. The summed E-state index contributed by atoms with van der Waals surface area (Å²) >= 11 is 0. The number of aryl methyl sites for hydroxylation is 1. The Labute approximate surface area is 130 Å². The van der Waals surface area contributed by atoms with Gasteiger partial charge in [0, 0.05) is 26.4 Å². The zero-order chi connectivity index (χ0) is 15.8. The van der Waals surface area contributed by atoms with Gasteiger partial charge in [0.2, 0.25) is 0 Å². The van der Waals surface area contributed by atoms with Gasteiger partial charge in [-0.15, -0.1) is 0 Å². The standard InChI is InChI=1S/C17H22N2O3/c1-13-8-14(9-19-10-15(20)12-21-2)5-6-17(13)22-16-4-3-7-18-11-16/h3-8,11,15,19-20H,9-10,12H2,1-2H3/t15-/m1/s1. The van der Waals surface area contributed by atoms with E-state index in [0.29, 0.717) is 19.7 Å². The topological polar surface area (TPSA) is 63.6 Å². The number of rotatable bonds is 8. The minimum absolute atomic E-state index is 0.337. The van der Waals surface area contributed by atoms with Crippen LogP contribution in [0, 0.1) is 6.92 Å². The summed E-state index contributed by atoms with van der Waals surface area (Å²) in [6.07, 6.45) is 2.91. The highest BCUT2D eigenvalue weighted by Gasteiger charge is 2.05. The molecular weight excluding hydrogens is 280 g/mol. The lowest BCUT2D eigenvalue weighted by molar-refractivity contribution is 0.0644. The highest BCUT2D eigenvalue weighted by atomic mass is 16.5. The fourth-order valence-electron chi connectivity index (χ4n) is 2.10. The predicted molar refractivity (Wildman–Crippen MR) is 85.1 cm³/mol. The van der Waals surface area contributed by atoms with Gasteiger partial charge < -0.3 is 19.9 Å². The third-order valence-electron chi connectivity index (χ3n) is 3.17. The smallest absolute Gasteiger partial charge is 0.145 e. The van der Waals surface area contributed by atoms with Crippen LogP contribution in [0.5, 0.6) is 11.5 Å². The Morgan fingerprint density at radius 2 is 2.18 bits per heavy atom. The number of hydrogen-bond acceptors (Lipinski definition) is 5. The van der Waals surface area contributed by atoms with E-state index >= 15 is 0 Å². The Bertz CT molecular complexity index is 575. The van der Waals surface area contributed by atoms with Crippen molar-refractivity contribution >= 4 is 0 Å². The van der Waals surface area contributed by atoms with E-state index in [2.05, 4.69) is 16.4 Å². The summed E-state index contributed by atoms with van der Waals surface area (Å²) in [4.78, 5) is 4.03. The van der Waals surface area contributed by atoms with Crippen LogP contribution in [0.2, 0.25) is 0 Å². The maximum atomic E-state index is 9.58. The second kappa shape index (κ2) is 8.48. The third kappa shape index (κ3) is 5.11. The minimum atomic E-state index is -0.487. The summed E-state index contributed by atoms with van der Waals surface area (Å²) in [6.45, 7) is 3.54. The number of benzene rings is 1. The number of hydrogen-bond donors (Lipinski definition) is 2. The van der Waals surface area contributed by atoms with Crippen molar-refractivity contribution in [3.05, 3.63) is 53.9 Å². The van der Waals surface area contributed by atoms with Crippen molar-refractivity contribution in [2.45, 2.75) is 19.6 Å². The molecule has 0 spiro atoms. The van der Waals surface area contributed by atoms with Crippen LogP contribution >= 0.6 is 0 Å². The maximum Gasteiger partial charge on any atom is 0.145 e. The highest BCUT2D eigenvalue weighted by Crippen LogP contribution is 2.25. The monoisotopic (exact) mass is 302 g/mol. The number of nitrogens with one attached hydrogen (secondary N) is 1. The Morgan fingerprint density at radius 3 is 2.86 bits per heavy atom. The number of ether oxygens (including phenoxy) is 2. The molecule has 0 saturated carbocycles. The lowest BCUT2D eigenvalue weighted by Crippen LogP contribution is -2.29. The van der Waals surface area contributed by atoms with Crippen molar-refractivity contribution in [3.63, 3.8) is 0 Å². The fourth-order valence-corrected chi connectivity index (χ4v) is 2.10. The van der Waals surface area contributed by atoms with E-state index in [4.69, 9.17) is 9.47 Å². The van der Waals surface area contributed by atoms with E-state index in [1.807, 2.05) is 31.2 Å². The first kappa shape index (κ1) is 16.4. The summed E-state index contributed by atoms with van der Waals surface area (Å²) in [5, 5.41) is 12.8. The van der Waals surface area contributed by atoms with Crippen molar-refractivity contribution in [2.24, 2.45) is 0 Å². The molecule has 118 valence electrons. The van der Waals surface area contributed by atoms with Crippen LogP contribution in [-0.2, 0) is 11.3 Å². The number of aliphatic hydroxyl groups excluding tert-OH is 1. The van der Waals surface area contributed by atoms with Gasteiger partial charge in [-0.1, -0.05) is 12.1 Å². The molecule has 0 fully saturated rings. The molecule has 0 unspecified atom stereocenters. The quantitative estimate of drug-likeness (QED) is 0.783. The van der Waals surface area contributed by atoms with Crippen molar-refractivity contribution in [1.29, 1.82) is 0 Å². The fraction of sp³-hybridized carbons (Fsp3) is 0.353. The van der Waals surface area contributed by atoms with Gasteiger partial charge in [-0.2, -0.15) is 0 Å². The van der Waals surface area contributed by atoms with Gasteiger partial charge in [-0.3, -0.25) is 4.98 Å². The SMILES string of the molecule is COC[C@H](O)CNCc1ccc(Oc2cccnc2)c(C)c1. The van der Waals surface area contributed by atoms with Gasteiger partial charge in [-0.05, 0) is 36.2 Å². The molecule has 2 N–H and O–H groups in total. The molecule has 0 amide bonds. The van der Waals surface area contributed by atoms with Gasteiger partial charge in [0.05, 0.1) is 18.9 Å². The van der Waals surface area contributed by atoms with E-state index in [1.165, 1.54) is 0 Å². The zero-order valence-corrected chi connectivity index (χ0v) is 13.0.